The number of aliphatic hydroxyl groups is 1. The zero-order valence-electron chi connectivity index (χ0n) is 11.7. The summed E-state index contributed by atoms with van der Waals surface area (Å²) in [5.74, 6) is 0.159. The zero-order chi connectivity index (χ0) is 14.5. The Labute approximate surface area is 122 Å². The molecule has 0 saturated heterocycles. The van der Waals surface area contributed by atoms with Crippen molar-refractivity contribution in [1.82, 2.24) is 14.8 Å². The Bertz CT molecular complexity index is 458. The first-order valence-corrected chi connectivity index (χ1v) is 8.01. The number of aliphatic carboxylic acids is 1. The van der Waals surface area contributed by atoms with Gasteiger partial charge in [0, 0.05) is 6.04 Å². The molecular weight excluding hydrogens is 278 g/mol. The van der Waals surface area contributed by atoms with Gasteiger partial charge in [-0.3, -0.25) is 4.79 Å². The van der Waals surface area contributed by atoms with E-state index in [-0.39, 0.29) is 18.4 Å². The van der Waals surface area contributed by atoms with Crippen LogP contribution in [0.2, 0.25) is 0 Å². The van der Waals surface area contributed by atoms with E-state index in [0.717, 1.165) is 11.8 Å². The van der Waals surface area contributed by atoms with E-state index < -0.39 is 5.97 Å². The fourth-order valence-electron chi connectivity index (χ4n) is 2.88. The second-order valence-electron chi connectivity index (χ2n) is 5.25. The van der Waals surface area contributed by atoms with Crippen LogP contribution in [0.25, 0.3) is 0 Å². The number of carbonyl (C=O) groups is 1. The Balaban J connectivity index is 2.18. The van der Waals surface area contributed by atoms with E-state index in [1.54, 1.807) is 0 Å². The molecule has 1 unspecified atom stereocenters. The van der Waals surface area contributed by atoms with Gasteiger partial charge in [-0.25, -0.2) is 0 Å². The van der Waals surface area contributed by atoms with E-state index in [1.807, 2.05) is 4.57 Å². The van der Waals surface area contributed by atoms with Gasteiger partial charge in [0.25, 0.3) is 0 Å². The van der Waals surface area contributed by atoms with E-state index in [4.69, 9.17) is 5.11 Å². The molecule has 1 aliphatic carbocycles. The third kappa shape index (κ3) is 3.52. The molecule has 1 atom stereocenters. The zero-order valence-corrected chi connectivity index (χ0v) is 12.5. The standard InChI is InChI=1S/C13H21N3O3S/c1-9(10-5-3-2-4-6-10)16-11(7-17)14-15-13(16)20-8-12(18)19/h9-10,17H,2-8H2,1H3,(H,18,19). The molecule has 6 nitrogen and oxygen atoms in total. The van der Waals surface area contributed by atoms with Crippen molar-refractivity contribution in [2.45, 2.75) is 56.8 Å². The fourth-order valence-corrected chi connectivity index (χ4v) is 3.64. The van der Waals surface area contributed by atoms with E-state index in [0.29, 0.717) is 16.9 Å². The van der Waals surface area contributed by atoms with Crippen molar-refractivity contribution in [3.05, 3.63) is 5.82 Å². The quantitative estimate of drug-likeness (QED) is 0.782. The van der Waals surface area contributed by atoms with Gasteiger partial charge in [0.1, 0.15) is 6.61 Å². The number of carboxylic acids is 1. The molecule has 0 radical (unpaired) electrons. The number of hydrogen-bond donors (Lipinski definition) is 2. The Morgan fingerprint density at radius 2 is 2.10 bits per heavy atom. The number of carboxylic acid groups (broad SMARTS) is 1. The normalized spacial score (nSPS) is 18.1. The van der Waals surface area contributed by atoms with Crippen molar-refractivity contribution in [1.29, 1.82) is 0 Å². The number of aromatic nitrogens is 3. The van der Waals surface area contributed by atoms with E-state index >= 15 is 0 Å². The summed E-state index contributed by atoms with van der Waals surface area (Å²) in [6.07, 6.45) is 6.12. The topological polar surface area (TPSA) is 88.2 Å². The number of thioether (sulfide) groups is 1. The molecule has 1 saturated carbocycles. The van der Waals surface area contributed by atoms with E-state index in [2.05, 4.69) is 17.1 Å². The molecule has 7 heteroatoms. The summed E-state index contributed by atoms with van der Waals surface area (Å²) in [6.45, 7) is 1.95. The van der Waals surface area contributed by atoms with E-state index in [1.165, 1.54) is 32.1 Å². The second kappa shape index (κ2) is 7.08. The maximum absolute atomic E-state index is 10.7. The Hall–Kier alpha value is -1.08. The van der Waals surface area contributed by atoms with Crippen LogP contribution in [0.5, 0.6) is 0 Å². The van der Waals surface area contributed by atoms with Crippen LogP contribution in [0.4, 0.5) is 0 Å². The summed E-state index contributed by atoms with van der Waals surface area (Å²) in [5.41, 5.74) is 0. The lowest BCUT2D eigenvalue weighted by Gasteiger charge is -2.29. The smallest absolute Gasteiger partial charge is 0.313 e. The molecule has 0 spiro atoms. The monoisotopic (exact) mass is 299 g/mol. The maximum atomic E-state index is 10.7. The summed E-state index contributed by atoms with van der Waals surface area (Å²) in [4.78, 5) is 10.7. The Kier molecular flexibility index (Phi) is 5.42. The van der Waals surface area contributed by atoms with Crippen LogP contribution >= 0.6 is 11.8 Å². The number of rotatable bonds is 6. The van der Waals surface area contributed by atoms with Crippen molar-refractivity contribution in [3.63, 3.8) is 0 Å². The molecule has 0 amide bonds. The van der Waals surface area contributed by atoms with Crippen LogP contribution in [-0.4, -0.2) is 36.7 Å². The highest BCUT2D eigenvalue weighted by Gasteiger charge is 2.26. The molecule has 1 aromatic rings. The summed E-state index contributed by atoms with van der Waals surface area (Å²) < 4.78 is 1.92. The van der Waals surface area contributed by atoms with Crippen molar-refractivity contribution >= 4 is 17.7 Å². The molecule has 0 bridgehead atoms. The highest BCUT2D eigenvalue weighted by Crippen LogP contribution is 2.35. The minimum atomic E-state index is -0.875. The average Bonchev–Trinajstić information content (AvgIpc) is 2.88. The maximum Gasteiger partial charge on any atom is 0.313 e. The van der Waals surface area contributed by atoms with Gasteiger partial charge in [-0.15, -0.1) is 10.2 Å². The molecule has 1 aromatic heterocycles. The van der Waals surface area contributed by atoms with Crippen molar-refractivity contribution in [2.24, 2.45) is 5.92 Å². The fraction of sp³-hybridized carbons (Fsp3) is 0.769. The molecular formula is C13H21N3O3S. The predicted octanol–water partition coefficient (Wildman–Crippen LogP) is 2.09. The van der Waals surface area contributed by atoms with Gasteiger partial charge in [-0.1, -0.05) is 31.0 Å². The predicted molar refractivity (Wildman–Crippen MR) is 75.6 cm³/mol. The summed E-state index contributed by atoms with van der Waals surface area (Å²) in [7, 11) is 0. The molecule has 0 aliphatic heterocycles. The van der Waals surface area contributed by atoms with Gasteiger partial charge in [-0.05, 0) is 25.7 Å². The number of nitrogens with zero attached hydrogens (tertiary/aromatic N) is 3. The first-order valence-electron chi connectivity index (χ1n) is 7.02. The molecule has 112 valence electrons. The van der Waals surface area contributed by atoms with Gasteiger partial charge >= 0.3 is 5.97 Å². The minimum absolute atomic E-state index is 0.0407. The highest BCUT2D eigenvalue weighted by atomic mass is 32.2. The summed E-state index contributed by atoms with van der Waals surface area (Å²) in [5, 5.41) is 26.8. The minimum Gasteiger partial charge on any atom is -0.481 e. The molecule has 20 heavy (non-hydrogen) atoms. The average molecular weight is 299 g/mol. The van der Waals surface area contributed by atoms with Crippen LogP contribution in [0.15, 0.2) is 5.16 Å². The lowest BCUT2D eigenvalue weighted by molar-refractivity contribution is -0.133. The van der Waals surface area contributed by atoms with Crippen molar-refractivity contribution < 1.29 is 15.0 Å². The van der Waals surface area contributed by atoms with Gasteiger partial charge in [0.05, 0.1) is 5.75 Å². The Morgan fingerprint density at radius 3 is 2.70 bits per heavy atom. The Morgan fingerprint density at radius 1 is 1.40 bits per heavy atom. The highest BCUT2D eigenvalue weighted by molar-refractivity contribution is 7.99. The van der Waals surface area contributed by atoms with Crippen molar-refractivity contribution in [3.8, 4) is 0 Å². The molecule has 2 rings (SSSR count). The molecule has 1 fully saturated rings. The van der Waals surface area contributed by atoms with Crippen LogP contribution in [0, 0.1) is 5.92 Å². The first-order chi connectivity index (χ1) is 9.63. The van der Waals surface area contributed by atoms with Crippen molar-refractivity contribution in [2.75, 3.05) is 5.75 Å². The van der Waals surface area contributed by atoms with Crippen LogP contribution in [-0.2, 0) is 11.4 Å². The second-order valence-corrected chi connectivity index (χ2v) is 6.19. The lowest BCUT2D eigenvalue weighted by atomic mass is 9.84. The molecule has 2 N–H and O–H groups in total. The third-order valence-corrected chi connectivity index (χ3v) is 4.87. The van der Waals surface area contributed by atoms with Crippen LogP contribution in [0.1, 0.15) is 50.9 Å². The summed E-state index contributed by atoms with van der Waals surface area (Å²) in [6, 6.07) is 0.198. The SMILES string of the molecule is CC(C1CCCCC1)n1c(CO)nnc1SCC(=O)O. The van der Waals surface area contributed by atoms with Gasteiger partial charge in [-0.2, -0.15) is 0 Å². The largest absolute Gasteiger partial charge is 0.481 e. The third-order valence-electron chi connectivity index (χ3n) is 3.94. The van der Waals surface area contributed by atoms with Gasteiger partial charge in [0.15, 0.2) is 11.0 Å². The van der Waals surface area contributed by atoms with Crippen LogP contribution < -0.4 is 0 Å². The lowest BCUT2D eigenvalue weighted by Crippen LogP contribution is -2.22. The number of hydrogen-bond acceptors (Lipinski definition) is 5. The molecule has 0 aromatic carbocycles. The molecule has 1 aliphatic rings. The van der Waals surface area contributed by atoms with Gasteiger partial charge in [0.2, 0.25) is 0 Å². The van der Waals surface area contributed by atoms with E-state index in [9.17, 15) is 9.90 Å². The van der Waals surface area contributed by atoms with Gasteiger partial charge < -0.3 is 14.8 Å². The summed E-state index contributed by atoms with van der Waals surface area (Å²) >= 11 is 1.16. The van der Waals surface area contributed by atoms with Crippen LogP contribution in [0.3, 0.4) is 0 Å². The number of aliphatic hydroxyl groups excluding tert-OH is 1. The molecule has 1 heterocycles. The first kappa shape index (κ1) is 15.3.